The Labute approximate surface area is 125 Å². The van der Waals surface area contributed by atoms with E-state index in [2.05, 4.69) is 48.5 Å². The van der Waals surface area contributed by atoms with Crippen LogP contribution in [-0.2, 0) is 4.79 Å². The normalized spacial score (nSPS) is 15.8. The van der Waals surface area contributed by atoms with Gasteiger partial charge in [0.15, 0.2) is 0 Å². The molecule has 4 nitrogen and oxygen atoms in total. The molecule has 20 heavy (non-hydrogen) atoms. The molecule has 1 unspecified atom stereocenters. The number of carbonyl (C=O) groups is 1. The van der Waals surface area contributed by atoms with Gasteiger partial charge in [0.05, 0.1) is 5.41 Å². The van der Waals surface area contributed by atoms with Crippen LogP contribution >= 0.6 is 0 Å². The Hall–Kier alpha value is -0.610. The van der Waals surface area contributed by atoms with Crippen molar-refractivity contribution < 1.29 is 4.79 Å². The zero-order chi connectivity index (χ0) is 16.2. The molecule has 0 aromatic heterocycles. The van der Waals surface area contributed by atoms with E-state index in [1.54, 1.807) is 0 Å². The molecule has 0 radical (unpaired) electrons. The van der Waals surface area contributed by atoms with E-state index in [1.807, 2.05) is 4.90 Å². The summed E-state index contributed by atoms with van der Waals surface area (Å²) < 4.78 is 0. The fourth-order valence-electron chi connectivity index (χ4n) is 2.70. The Kier molecular flexibility index (Phi) is 6.69. The molecule has 0 aliphatic carbocycles. The monoisotopic (exact) mass is 285 g/mol. The zero-order valence-corrected chi connectivity index (χ0v) is 14.5. The Bertz CT molecular complexity index is 309. The summed E-state index contributed by atoms with van der Waals surface area (Å²) in [5, 5.41) is 0. The van der Waals surface area contributed by atoms with E-state index < -0.39 is 5.41 Å². The van der Waals surface area contributed by atoms with Gasteiger partial charge >= 0.3 is 0 Å². The third kappa shape index (κ3) is 5.06. The molecule has 1 atom stereocenters. The van der Waals surface area contributed by atoms with Crippen LogP contribution in [-0.4, -0.2) is 37.0 Å². The average Bonchev–Trinajstić information content (AvgIpc) is 2.23. The lowest BCUT2D eigenvalue weighted by molar-refractivity contribution is -0.150. The molecule has 4 N–H and O–H groups in total. The molecular weight excluding hydrogens is 250 g/mol. The maximum Gasteiger partial charge on any atom is 0.229 e. The van der Waals surface area contributed by atoms with Gasteiger partial charge in [0, 0.05) is 26.2 Å². The summed E-state index contributed by atoms with van der Waals surface area (Å²) in [6.45, 7) is 17.1. The highest BCUT2D eigenvalue weighted by Crippen LogP contribution is 2.47. The van der Waals surface area contributed by atoms with Crippen molar-refractivity contribution in [3.63, 3.8) is 0 Å². The van der Waals surface area contributed by atoms with Gasteiger partial charge < -0.3 is 16.4 Å². The van der Waals surface area contributed by atoms with Crippen LogP contribution in [0.5, 0.6) is 0 Å². The number of nitrogens with zero attached hydrogens (tertiary/aromatic N) is 1. The average molecular weight is 285 g/mol. The molecule has 0 aromatic carbocycles. The van der Waals surface area contributed by atoms with Crippen LogP contribution in [0.15, 0.2) is 0 Å². The first-order valence-electron chi connectivity index (χ1n) is 7.58. The van der Waals surface area contributed by atoms with Crippen LogP contribution in [0.2, 0.25) is 0 Å². The second-order valence-corrected chi connectivity index (χ2v) is 8.19. The van der Waals surface area contributed by atoms with E-state index in [0.29, 0.717) is 26.2 Å². The largest absolute Gasteiger partial charge is 0.340 e. The molecule has 0 spiro atoms. The maximum atomic E-state index is 13.1. The summed E-state index contributed by atoms with van der Waals surface area (Å²) in [5.41, 5.74) is 10.8. The van der Waals surface area contributed by atoms with E-state index in [4.69, 9.17) is 11.5 Å². The molecule has 1 amide bonds. The van der Waals surface area contributed by atoms with Gasteiger partial charge in [0.2, 0.25) is 5.91 Å². The number of hydrogen-bond donors (Lipinski definition) is 2. The summed E-state index contributed by atoms with van der Waals surface area (Å²) in [6.07, 6.45) is 0.841. The van der Waals surface area contributed by atoms with E-state index in [0.717, 1.165) is 6.42 Å². The predicted octanol–water partition coefficient (Wildman–Crippen LogP) is 2.22. The van der Waals surface area contributed by atoms with Crippen molar-refractivity contribution in [1.82, 2.24) is 4.90 Å². The zero-order valence-electron chi connectivity index (χ0n) is 14.5. The van der Waals surface area contributed by atoms with Crippen molar-refractivity contribution in [1.29, 1.82) is 0 Å². The number of amides is 1. The first-order chi connectivity index (χ1) is 8.89. The molecule has 0 aliphatic heterocycles. The minimum Gasteiger partial charge on any atom is -0.340 e. The molecule has 4 heteroatoms. The molecule has 0 saturated carbocycles. The second kappa shape index (κ2) is 6.90. The lowest BCUT2D eigenvalue weighted by atomic mass is 9.60. The number of hydrogen-bond acceptors (Lipinski definition) is 3. The summed E-state index contributed by atoms with van der Waals surface area (Å²) in [7, 11) is 0. The van der Waals surface area contributed by atoms with Crippen LogP contribution in [0.1, 0.15) is 54.9 Å². The van der Waals surface area contributed by atoms with Gasteiger partial charge in [-0.1, -0.05) is 48.5 Å². The molecule has 0 rings (SSSR count). The first kappa shape index (κ1) is 19.4. The van der Waals surface area contributed by atoms with Crippen LogP contribution in [0.25, 0.3) is 0 Å². The minimum atomic E-state index is -0.421. The Morgan fingerprint density at radius 2 is 1.30 bits per heavy atom. The van der Waals surface area contributed by atoms with Crippen LogP contribution in [0.4, 0.5) is 0 Å². The van der Waals surface area contributed by atoms with Gasteiger partial charge in [0.25, 0.3) is 0 Å². The molecular formula is C16H35N3O. The maximum absolute atomic E-state index is 13.1. The Morgan fingerprint density at radius 3 is 1.55 bits per heavy atom. The molecule has 0 aromatic rings. The summed E-state index contributed by atoms with van der Waals surface area (Å²) in [5.74, 6) is 0.177. The van der Waals surface area contributed by atoms with E-state index in [-0.39, 0.29) is 16.7 Å². The molecule has 120 valence electrons. The van der Waals surface area contributed by atoms with Crippen molar-refractivity contribution in [3.05, 3.63) is 0 Å². The number of rotatable bonds is 6. The van der Waals surface area contributed by atoms with Gasteiger partial charge in [-0.15, -0.1) is 0 Å². The topological polar surface area (TPSA) is 72.3 Å². The van der Waals surface area contributed by atoms with Crippen molar-refractivity contribution in [2.75, 3.05) is 26.2 Å². The SMILES string of the molecule is CC(C)(C)CC(C)(C(=O)N(CCN)CCN)C(C)(C)C. The van der Waals surface area contributed by atoms with Crippen LogP contribution < -0.4 is 11.5 Å². The Balaban J connectivity index is 5.46. The van der Waals surface area contributed by atoms with Gasteiger partial charge in [-0.2, -0.15) is 0 Å². The molecule has 0 fully saturated rings. The number of carbonyl (C=O) groups excluding carboxylic acids is 1. The standard InChI is InChI=1S/C16H35N3O/c1-14(2,3)12-16(7,15(4,5)6)13(20)19(10-8-17)11-9-18/h8-12,17-18H2,1-7H3. The first-order valence-corrected chi connectivity index (χ1v) is 7.58. The fourth-order valence-corrected chi connectivity index (χ4v) is 2.70. The third-order valence-corrected chi connectivity index (χ3v) is 4.10. The van der Waals surface area contributed by atoms with Gasteiger partial charge in [-0.3, -0.25) is 4.79 Å². The minimum absolute atomic E-state index is 0.0921. The van der Waals surface area contributed by atoms with Crippen LogP contribution in [0.3, 0.4) is 0 Å². The lowest BCUT2D eigenvalue weighted by Crippen LogP contribution is -2.52. The van der Waals surface area contributed by atoms with Gasteiger partial charge in [0.1, 0.15) is 0 Å². The van der Waals surface area contributed by atoms with Crippen molar-refractivity contribution >= 4 is 5.91 Å². The van der Waals surface area contributed by atoms with Gasteiger partial charge in [-0.05, 0) is 17.3 Å². The Morgan fingerprint density at radius 1 is 0.900 bits per heavy atom. The highest BCUT2D eigenvalue weighted by Gasteiger charge is 2.47. The summed E-state index contributed by atoms with van der Waals surface area (Å²) in [6, 6.07) is 0. The van der Waals surface area contributed by atoms with E-state index in [1.165, 1.54) is 0 Å². The smallest absolute Gasteiger partial charge is 0.229 e. The van der Waals surface area contributed by atoms with Crippen molar-refractivity contribution in [3.8, 4) is 0 Å². The molecule has 0 aliphatic rings. The quantitative estimate of drug-likeness (QED) is 0.786. The third-order valence-electron chi connectivity index (χ3n) is 4.10. The highest BCUT2D eigenvalue weighted by atomic mass is 16.2. The van der Waals surface area contributed by atoms with Crippen molar-refractivity contribution in [2.24, 2.45) is 27.7 Å². The second-order valence-electron chi connectivity index (χ2n) is 8.19. The number of nitrogens with two attached hydrogens (primary N) is 2. The summed E-state index contributed by atoms with van der Waals surface area (Å²) >= 11 is 0. The fraction of sp³-hybridized carbons (Fsp3) is 0.938. The van der Waals surface area contributed by atoms with Crippen molar-refractivity contribution in [2.45, 2.75) is 54.9 Å². The van der Waals surface area contributed by atoms with E-state index in [9.17, 15) is 4.79 Å². The predicted molar refractivity (Wildman–Crippen MR) is 86.3 cm³/mol. The molecule has 0 saturated heterocycles. The molecule has 0 bridgehead atoms. The highest BCUT2D eigenvalue weighted by molar-refractivity contribution is 5.83. The van der Waals surface area contributed by atoms with Crippen LogP contribution in [0, 0.1) is 16.2 Å². The molecule has 0 heterocycles. The van der Waals surface area contributed by atoms with Gasteiger partial charge in [-0.25, -0.2) is 0 Å². The van der Waals surface area contributed by atoms with E-state index >= 15 is 0 Å². The lowest BCUT2D eigenvalue weighted by Gasteiger charge is -2.46. The summed E-state index contributed by atoms with van der Waals surface area (Å²) in [4.78, 5) is 14.9.